The van der Waals surface area contributed by atoms with Gasteiger partial charge in [0.1, 0.15) is 11.6 Å². The number of halogens is 4. The van der Waals surface area contributed by atoms with Gasteiger partial charge < -0.3 is 0 Å². The van der Waals surface area contributed by atoms with Crippen LogP contribution < -0.4 is 0 Å². The fourth-order valence-corrected chi connectivity index (χ4v) is 2.92. The Hall–Kier alpha value is -1.84. The predicted molar refractivity (Wildman–Crippen MR) is 93.5 cm³/mol. The van der Waals surface area contributed by atoms with Crippen molar-refractivity contribution in [2.45, 2.75) is 58.8 Å². The van der Waals surface area contributed by atoms with Crippen molar-refractivity contribution >= 4 is 0 Å². The fraction of sp³-hybridized carbons (Fsp3) is 0.429. The normalized spacial score (nSPS) is 11.1. The van der Waals surface area contributed by atoms with Crippen LogP contribution in [0.5, 0.6) is 0 Å². The van der Waals surface area contributed by atoms with Crippen molar-refractivity contribution in [1.29, 1.82) is 0 Å². The zero-order valence-corrected chi connectivity index (χ0v) is 14.8. The quantitative estimate of drug-likeness (QED) is 0.269. The Bertz CT molecular complexity index is 722. The minimum atomic E-state index is -1.27. The lowest BCUT2D eigenvalue weighted by molar-refractivity contribution is 0.488. The van der Waals surface area contributed by atoms with E-state index in [9.17, 15) is 17.6 Å². The van der Waals surface area contributed by atoms with Crippen LogP contribution in [0.15, 0.2) is 24.3 Å². The molecule has 0 fully saturated rings. The lowest BCUT2D eigenvalue weighted by Gasteiger charge is -2.10. The largest absolute Gasteiger partial charge is 0.207 e. The maximum absolute atomic E-state index is 14.3. The minimum absolute atomic E-state index is 0.123. The van der Waals surface area contributed by atoms with Gasteiger partial charge in [-0.05, 0) is 37.5 Å². The highest BCUT2D eigenvalue weighted by Gasteiger charge is 2.19. The first-order chi connectivity index (χ1) is 12.0. The van der Waals surface area contributed by atoms with Crippen molar-refractivity contribution in [2.75, 3.05) is 0 Å². The molecule has 2 rings (SSSR count). The first kappa shape index (κ1) is 19.5. The molecule has 0 aliphatic carbocycles. The van der Waals surface area contributed by atoms with E-state index in [0.717, 1.165) is 37.8 Å². The van der Waals surface area contributed by atoms with Crippen LogP contribution in [-0.4, -0.2) is 0 Å². The molecule has 0 amide bonds. The van der Waals surface area contributed by atoms with E-state index in [4.69, 9.17) is 0 Å². The minimum Gasteiger partial charge on any atom is -0.207 e. The van der Waals surface area contributed by atoms with Gasteiger partial charge in [0, 0.05) is 16.7 Å². The second-order valence-corrected chi connectivity index (χ2v) is 6.49. The van der Waals surface area contributed by atoms with Crippen molar-refractivity contribution in [3.63, 3.8) is 0 Å². The molecule has 0 nitrogen and oxygen atoms in total. The molecule has 0 saturated carbocycles. The Balaban J connectivity index is 2.10. The first-order valence-electron chi connectivity index (χ1n) is 8.88. The van der Waals surface area contributed by atoms with Gasteiger partial charge in [0.25, 0.3) is 0 Å². The summed E-state index contributed by atoms with van der Waals surface area (Å²) in [7, 11) is 0. The summed E-state index contributed by atoms with van der Waals surface area (Å²) in [5, 5.41) is 0. The van der Waals surface area contributed by atoms with E-state index in [1.165, 1.54) is 37.8 Å². The molecule has 0 spiro atoms. The van der Waals surface area contributed by atoms with Crippen LogP contribution in [0, 0.1) is 30.2 Å². The molecule has 136 valence electrons. The molecule has 0 unspecified atom stereocenters. The number of hydrogen-bond acceptors (Lipinski definition) is 0. The number of rotatable bonds is 8. The lowest BCUT2D eigenvalue weighted by atomic mass is 9.98. The van der Waals surface area contributed by atoms with Crippen LogP contribution in [0.1, 0.15) is 56.6 Å². The van der Waals surface area contributed by atoms with Crippen LogP contribution >= 0.6 is 0 Å². The van der Waals surface area contributed by atoms with Crippen molar-refractivity contribution in [3.8, 4) is 11.1 Å². The number of aryl methyl sites for hydroxylation is 1. The summed E-state index contributed by atoms with van der Waals surface area (Å²) in [6.45, 7) is 3.32. The van der Waals surface area contributed by atoms with Gasteiger partial charge in [0.2, 0.25) is 0 Å². The van der Waals surface area contributed by atoms with Crippen molar-refractivity contribution in [1.82, 2.24) is 0 Å². The third-order valence-electron chi connectivity index (χ3n) is 4.53. The van der Waals surface area contributed by atoms with E-state index in [2.05, 4.69) is 6.92 Å². The van der Waals surface area contributed by atoms with Gasteiger partial charge in [-0.15, -0.1) is 0 Å². The second-order valence-electron chi connectivity index (χ2n) is 6.49. The third kappa shape index (κ3) is 4.83. The van der Waals surface area contributed by atoms with E-state index in [1.54, 1.807) is 6.07 Å². The molecule has 2 aromatic carbocycles. The summed E-state index contributed by atoms with van der Waals surface area (Å²) in [5.74, 6) is -4.04. The number of unbranched alkanes of at least 4 members (excludes halogenated alkanes) is 5. The topological polar surface area (TPSA) is 0 Å². The van der Waals surface area contributed by atoms with Crippen LogP contribution in [-0.2, 0) is 6.42 Å². The molecular formula is C21H24F4. The zero-order chi connectivity index (χ0) is 18.4. The highest BCUT2D eigenvalue weighted by Crippen LogP contribution is 2.30. The fourth-order valence-electron chi connectivity index (χ4n) is 2.92. The van der Waals surface area contributed by atoms with Gasteiger partial charge in [0.15, 0.2) is 11.6 Å². The zero-order valence-electron chi connectivity index (χ0n) is 14.8. The summed E-state index contributed by atoms with van der Waals surface area (Å²) < 4.78 is 55.8. The molecule has 0 bridgehead atoms. The molecule has 0 heterocycles. The average molecular weight is 352 g/mol. The average Bonchev–Trinajstić information content (AvgIpc) is 2.60. The molecule has 0 saturated heterocycles. The smallest absolute Gasteiger partial charge is 0.167 e. The Morgan fingerprint density at radius 1 is 0.720 bits per heavy atom. The van der Waals surface area contributed by atoms with Crippen molar-refractivity contribution in [3.05, 3.63) is 58.7 Å². The molecule has 0 aliphatic rings. The number of benzene rings is 2. The Morgan fingerprint density at radius 3 is 2.08 bits per heavy atom. The molecule has 25 heavy (non-hydrogen) atoms. The third-order valence-corrected chi connectivity index (χ3v) is 4.53. The second kappa shape index (κ2) is 9.02. The Labute approximate surface area is 146 Å². The lowest BCUT2D eigenvalue weighted by Crippen LogP contribution is -1.99. The molecule has 0 aliphatic heterocycles. The van der Waals surface area contributed by atoms with Gasteiger partial charge in [-0.3, -0.25) is 0 Å². The Morgan fingerprint density at radius 2 is 1.40 bits per heavy atom. The summed E-state index contributed by atoms with van der Waals surface area (Å²) in [5.41, 5.74) is -0.0993. The van der Waals surface area contributed by atoms with E-state index in [-0.39, 0.29) is 11.1 Å². The van der Waals surface area contributed by atoms with Gasteiger partial charge in [0.05, 0.1) is 0 Å². The summed E-state index contributed by atoms with van der Waals surface area (Å²) in [6.07, 6.45) is 7.61. The van der Waals surface area contributed by atoms with Crippen LogP contribution in [0.3, 0.4) is 0 Å². The highest BCUT2D eigenvalue weighted by atomic mass is 19.2. The van der Waals surface area contributed by atoms with Gasteiger partial charge in [-0.25, -0.2) is 17.6 Å². The van der Waals surface area contributed by atoms with Gasteiger partial charge in [-0.1, -0.05) is 51.2 Å². The maximum atomic E-state index is 14.3. The number of hydrogen-bond donors (Lipinski definition) is 0. The van der Waals surface area contributed by atoms with Crippen molar-refractivity contribution in [2.24, 2.45) is 0 Å². The van der Waals surface area contributed by atoms with Crippen LogP contribution in [0.25, 0.3) is 11.1 Å². The predicted octanol–water partition coefficient (Wildman–Crippen LogP) is 7.12. The van der Waals surface area contributed by atoms with E-state index in [0.29, 0.717) is 0 Å². The van der Waals surface area contributed by atoms with E-state index < -0.39 is 28.8 Å². The highest BCUT2D eigenvalue weighted by molar-refractivity contribution is 5.66. The molecule has 4 heteroatoms. The van der Waals surface area contributed by atoms with Crippen LogP contribution in [0.4, 0.5) is 17.6 Å². The van der Waals surface area contributed by atoms with E-state index in [1.807, 2.05) is 0 Å². The van der Waals surface area contributed by atoms with E-state index >= 15 is 0 Å². The standard InChI is InChI=1S/C21H24F4/c1-3-4-5-6-7-8-9-15-10-11-16(19(23)12-15)17-13-18(22)14(2)20(24)21(17)25/h10-13H,3-9H2,1-2H3. The monoisotopic (exact) mass is 352 g/mol. The molecule has 0 N–H and O–H groups in total. The molecular weight excluding hydrogens is 328 g/mol. The van der Waals surface area contributed by atoms with Crippen LogP contribution in [0.2, 0.25) is 0 Å². The molecule has 2 aromatic rings. The van der Waals surface area contributed by atoms with Gasteiger partial charge in [-0.2, -0.15) is 0 Å². The molecule has 0 aromatic heterocycles. The summed E-state index contributed by atoms with van der Waals surface area (Å²) in [6, 6.07) is 5.27. The summed E-state index contributed by atoms with van der Waals surface area (Å²) in [4.78, 5) is 0. The molecule has 0 radical (unpaired) electrons. The molecule has 0 atom stereocenters. The Kier molecular flexibility index (Phi) is 7.03. The maximum Gasteiger partial charge on any atom is 0.167 e. The van der Waals surface area contributed by atoms with Gasteiger partial charge >= 0.3 is 0 Å². The van der Waals surface area contributed by atoms with Crippen molar-refractivity contribution < 1.29 is 17.6 Å². The summed E-state index contributed by atoms with van der Waals surface area (Å²) >= 11 is 0. The SMILES string of the molecule is CCCCCCCCc1ccc(-c2cc(F)c(C)c(F)c2F)c(F)c1. The first-order valence-corrected chi connectivity index (χ1v) is 8.88.